The van der Waals surface area contributed by atoms with E-state index in [0.29, 0.717) is 42.8 Å². The molecule has 2 atom stereocenters. The molecule has 5 aromatic carbocycles. The van der Waals surface area contributed by atoms with Crippen molar-refractivity contribution in [3.8, 4) is 0 Å². The van der Waals surface area contributed by atoms with Crippen LogP contribution in [-0.4, -0.2) is 62.5 Å². The predicted molar refractivity (Wildman–Crippen MR) is 246 cm³/mol. The molecule has 9 rings (SSSR count). The third kappa shape index (κ3) is 10.1. The molecular weight excluding hydrogens is 787 g/mol. The number of halogens is 2. The Bertz CT molecular complexity index is 2760. The van der Waals surface area contributed by atoms with Crippen molar-refractivity contribution in [2.75, 3.05) is 33.2 Å². The fourth-order valence-corrected chi connectivity index (χ4v) is 8.85. The van der Waals surface area contributed by atoms with Gasteiger partial charge in [0.1, 0.15) is 0 Å². The Balaban J connectivity index is 0.000000174. The number of aromatic nitrogens is 4. The van der Waals surface area contributed by atoms with Crippen LogP contribution in [0.25, 0.3) is 21.5 Å². The van der Waals surface area contributed by atoms with Gasteiger partial charge < -0.3 is 4.90 Å². The molecule has 2 aliphatic heterocycles. The van der Waals surface area contributed by atoms with Gasteiger partial charge >= 0.3 is 0 Å². The van der Waals surface area contributed by atoms with Crippen molar-refractivity contribution in [1.29, 1.82) is 0 Å². The third-order valence-electron chi connectivity index (χ3n) is 11.8. The molecule has 7 aromatic rings. The van der Waals surface area contributed by atoms with Gasteiger partial charge in [0.2, 0.25) is 0 Å². The van der Waals surface area contributed by atoms with Crippen LogP contribution in [0.2, 0.25) is 10.0 Å². The van der Waals surface area contributed by atoms with E-state index in [1.807, 2.05) is 97.1 Å². The molecule has 10 heteroatoms. The van der Waals surface area contributed by atoms with Gasteiger partial charge in [-0.1, -0.05) is 114 Å². The Hall–Kier alpha value is -5.12. The highest BCUT2D eigenvalue weighted by Crippen LogP contribution is 2.26. The van der Waals surface area contributed by atoms with Crippen molar-refractivity contribution in [2.24, 2.45) is 0 Å². The first-order chi connectivity index (χ1) is 30.5. The molecule has 0 aliphatic carbocycles. The molecule has 60 heavy (non-hydrogen) atoms. The van der Waals surface area contributed by atoms with Gasteiger partial charge in [0, 0.05) is 50.9 Å². The molecule has 4 heterocycles. The minimum absolute atomic E-state index is 0.0203. The van der Waals surface area contributed by atoms with E-state index in [4.69, 9.17) is 37.5 Å². The van der Waals surface area contributed by atoms with Crippen LogP contribution in [0.5, 0.6) is 0 Å². The van der Waals surface area contributed by atoms with Crippen molar-refractivity contribution >= 4 is 44.7 Å². The van der Waals surface area contributed by atoms with Crippen molar-refractivity contribution in [2.45, 2.75) is 70.0 Å². The van der Waals surface area contributed by atoms with Gasteiger partial charge in [-0.2, -0.15) is 10.2 Å². The van der Waals surface area contributed by atoms with Crippen molar-refractivity contribution in [3.05, 3.63) is 186 Å². The molecule has 2 saturated heterocycles. The lowest BCUT2D eigenvalue weighted by molar-refractivity contribution is 0.270. The lowest BCUT2D eigenvalue weighted by Crippen LogP contribution is -2.30. The molecule has 8 nitrogen and oxygen atoms in total. The van der Waals surface area contributed by atoms with Gasteiger partial charge in [-0.05, 0) is 118 Å². The van der Waals surface area contributed by atoms with E-state index >= 15 is 0 Å². The minimum atomic E-state index is -2.10. The number of hydrogen-bond acceptors (Lipinski definition) is 6. The van der Waals surface area contributed by atoms with E-state index in [9.17, 15) is 9.59 Å². The van der Waals surface area contributed by atoms with Crippen LogP contribution in [-0.2, 0) is 19.4 Å². The van der Waals surface area contributed by atoms with E-state index in [1.54, 1.807) is 9.36 Å². The van der Waals surface area contributed by atoms with E-state index < -0.39 is 6.98 Å². The molecule has 0 spiro atoms. The lowest BCUT2D eigenvalue weighted by Gasteiger charge is -2.21. The molecular formula is C50H52Cl2N6O2. The molecule has 2 fully saturated rings. The summed E-state index contributed by atoms with van der Waals surface area (Å²) in [4.78, 5) is 30.7. The average molecular weight is 843 g/mol. The van der Waals surface area contributed by atoms with Crippen LogP contribution in [0.4, 0.5) is 0 Å². The summed E-state index contributed by atoms with van der Waals surface area (Å²) in [7, 11) is 0. The first kappa shape index (κ1) is 37.8. The van der Waals surface area contributed by atoms with Gasteiger partial charge in [-0.25, -0.2) is 9.36 Å². The van der Waals surface area contributed by atoms with Crippen molar-refractivity contribution < 1.29 is 4.11 Å². The zero-order chi connectivity index (χ0) is 43.9. The normalized spacial score (nSPS) is 18.7. The molecule has 2 aliphatic rings. The number of fused-ring (bicyclic) bond motifs is 2. The Kier molecular flexibility index (Phi) is 12.3. The number of nitrogens with zero attached hydrogens (tertiary/aromatic N) is 6. The molecule has 0 saturated carbocycles. The Morgan fingerprint density at radius 2 is 1.00 bits per heavy atom. The molecule has 0 radical (unpaired) electrons. The maximum Gasteiger partial charge on any atom is 0.274 e. The van der Waals surface area contributed by atoms with Crippen LogP contribution >= 0.6 is 23.2 Å². The van der Waals surface area contributed by atoms with E-state index in [2.05, 4.69) is 35.2 Å². The molecule has 308 valence electrons. The second-order valence-corrected chi connectivity index (χ2v) is 16.9. The Labute approximate surface area is 366 Å². The molecule has 0 N–H and O–H groups in total. The maximum atomic E-state index is 13.4. The fraction of sp³-hybridized carbons (Fsp3) is 0.320. The Morgan fingerprint density at radius 1 is 0.533 bits per heavy atom. The van der Waals surface area contributed by atoms with Gasteiger partial charge in [0.05, 0.1) is 34.2 Å². The summed E-state index contributed by atoms with van der Waals surface area (Å²) in [6.07, 6.45) is 6.26. The molecule has 2 unspecified atom stereocenters. The van der Waals surface area contributed by atoms with E-state index in [0.717, 1.165) is 95.4 Å². The standard InChI is InChI=1S/C28H28ClN3O.C22H24ClN3O/c29-23-14-12-21(13-15-23)19-27-25-10-4-5-11-26(25)28(33)32(30-27)24-9-6-17-31(18-16-24)20-22-7-2-1-3-8-22;1-25-13-4-5-18(12-14-25)26-22(27)20-7-3-2-6-19(20)21(24-26)15-16-8-10-17(23)11-9-16/h1-5,7-8,10-15,24H,6,9,16-20H2;2-3,6-11,18H,4-5,12-15H2,1H3/i;1D3. The summed E-state index contributed by atoms with van der Waals surface area (Å²) in [5.41, 5.74) is 5.23. The highest BCUT2D eigenvalue weighted by atomic mass is 35.5. The fourth-order valence-electron chi connectivity index (χ4n) is 8.60. The molecule has 2 aromatic heterocycles. The van der Waals surface area contributed by atoms with Crippen LogP contribution in [0.1, 0.15) is 82.8 Å². The van der Waals surface area contributed by atoms with Crippen LogP contribution in [0, 0.1) is 0 Å². The lowest BCUT2D eigenvalue weighted by atomic mass is 10.0. The van der Waals surface area contributed by atoms with Crippen molar-refractivity contribution in [1.82, 2.24) is 29.4 Å². The monoisotopic (exact) mass is 841 g/mol. The van der Waals surface area contributed by atoms with Crippen LogP contribution in [0.3, 0.4) is 0 Å². The second-order valence-electron chi connectivity index (χ2n) is 16.0. The summed E-state index contributed by atoms with van der Waals surface area (Å²) in [5, 5.41) is 14.3. The summed E-state index contributed by atoms with van der Waals surface area (Å²) in [6, 6.07) is 41.5. The molecule has 0 bridgehead atoms. The van der Waals surface area contributed by atoms with Crippen LogP contribution in [0.15, 0.2) is 137 Å². The highest BCUT2D eigenvalue weighted by molar-refractivity contribution is 6.30. The number of likely N-dealkylation sites (tertiary alicyclic amines) is 2. The topological polar surface area (TPSA) is 76.3 Å². The van der Waals surface area contributed by atoms with E-state index in [-0.39, 0.29) is 23.2 Å². The van der Waals surface area contributed by atoms with Crippen molar-refractivity contribution in [3.63, 3.8) is 0 Å². The summed E-state index contributed by atoms with van der Waals surface area (Å²) < 4.78 is 26.4. The largest absolute Gasteiger partial charge is 0.306 e. The average Bonchev–Trinajstić information content (AvgIpc) is 3.69. The third-order valence-corrected chi connectivity index (χ3v) is 12.3. The maximum absolute atomic E-state index is 13.4. The molecule has 0 amide bonds. The summed E-state index contributed by atoms with van der Waals surface area (Å²) >= 11 is 12.1. The SMILES string of the molecule is O=c1c2ccccc2c(Cc2ccc(Cl)cc2)nn1C1CCCN(Cc2ccccc2)CC1.[2H]C([2H])([2H])N1CCCC(n2nc(Cc3ccc(Cl)cc3)c3ccccc3c2=O)CC1. The quantitative estimate of drug-likeness (QED) is 0.152. The van der Waals surface area contributed by atoms with Gasteiger partial charge in [-0.15, -0.1) is 0 Å². The minimum Gasteiger partial charge on any atom is -0.306 e. The zero-order valence-corrected chi connectivity index (χ0v) is 35.2. The van der Waals surface area contributed by atoms with Gasteiger partial charge in [0.15, 0.2) is 0 Å². The zero-order valence-electron chi connectivity index (χ0n) is 36.7. The van der Waals surface area contributed by atoms with Gasteiger partial charge in [-0.3, -0.25) is 14.5 Å². The van der Waals surface area contributed by atoms with Crippen LogP contribution < -0.4 is 11.1 Å². The first-order valence-corrected chi connectivity index (χ1v) is 21.8. The second kappa shape index (κ2) is 19.5. The number of hydrogen-bond donors (Lipinski definition) is 0. The Morgan fingerprint density at radius 3 is 1.52 bits per heavy atom. The number of benzene rings is 5. The summed E-state index contributed by atoms with van der Waals surface area (Å²) in [6.45, 7) is 1.80. The smallest absolute Gasteiger partial charge is 0.274 e. The van der Waals surface area contributed by atoms with Gasteiger partial charge in [0.25, 0.3) is 11.1 Å². The highest BCUT2D eigenvalue weighted by Gasteiger charge is 2.23. The summed E-state index contributed by atoms with van der Waals surface area (Å²) in [5.74, 6) is 0. The number of rotatable bonds is 8. The first-order valence-electron chi connectivity index (χ1n) is 22.5. The predicted octanol–water partition coefficient (Wildman–Crippen LogP) is 10.2. The van der Waals surface area contributed by atoms with E-state index in [1.165, 1.54) is 10.5 Å².